The fraction of sp³-hybridized carbons (Fsp3) is 0.421. The van der Waals surface area contributed by atoms with Crippen LogP contribution in [0.4, 0.5) is 55.1 Å². The molecule has 0 saturated carbocycles. The summed E-state index contributed by atoms with van der Waals surface area (Å²) in [5.74, 6) is -0.0783. The molecule has 2 aromatic heterocycles. The molecule has 410 valence electrons. The summed E-state index contributed by atoms with van der Waals surface area (Å²) in [6, 6.07) is 23.6. The number of aryl methyl sites for hydroxylation is 2. The SMILES string of the molecule is Cc1cnc(Nc2ccc(C(=O)NC3CCN(CCC(C)(C)S(=O)(=O)Cc4cccc(Nc5nc(Nc6ccc(C7CCN(C)CC7)c(F)c6)ncc5C)c4)CC3)c(F)c2)nc1Nc1cccc(CS(=O)(=O)C(C)(C)C)c1. The van der Waals surface area contributed by atoms with Crippen molar-refractivity contribution in [1.29, 1.82) is 0 Å². The molecule has 77 heavy (non-hydrogen) atoms. The van der Waals surface area contributed by atoms with Crippen molar-refractivity contribution in [2.24, 2.45) is 0 Å². The zero-order valence-electron chi connectivity index (χ0n) is 45.2. The van der Waals surface area contributed by atoms with Gasteiger partial charge in [-0.3, -0.25) is 4.79 Å². The number of sulfone groups is 2. The van der Waals surface area contributed by atoms with E-state index in [0.717, 1.165) is 42.6 Å². The van der Waals surface area contributed by atoms with Gasteiger partial charge in [-0.05, 0) is 184 Å². The van der Waals surface area contributed by atoms with E-state index in [1.165, 1.54) is 18.2 Å². The molecule has 20 heteroatoms. The summed E-state index contributed by atoms with van der Waals surface area (Å²) in [4.78, 5) is 35.8. The molecule has 16 nitrogen and oxygen atoms in total. The molecule has 2 fully saturated rings. The van der Waals surface area contributed by atoms with E-state index < -0.39 is 40.9 Å². The highest BCUT2D eigenvalue weighted by atomic mass is 32.2. The highest BCUT2D eigenvalue weighted by Gasteiger charge is 2.35. The molecular weight excluding hydrogens is 1020 g/mol. The summed E-state index contributed by atoms with van der Waals surface area (Å²) in [7, 11) is -4.93. The average Bonchev–Trinajstić information content (AvgIpc) is 3.37. The Bertz CT molecular complexity index is 3320. The maximum absolute atomic E-state index is 15.5. The van der Waals surface area contributed by atoms with Gasteiger partial charge in [-0.1, -0.05) is 30.3 Å². The van der Waals surface area contributed by atoms with Crippen LogP contribution in [0.2, 0.25) is 0 Å². The van der Waals surface area contributed by atoms with Crippen LogP contribution in [0.1, 0.15) is 111 Å². The topological polar surface area (TPSA) is 204 Å². The zero-order chi connectivity index (χ0) is 55.3. The molecule has 0 aliphatic carbocycles. The molecule has 2 saturated heterocycles. The molecule has 0 bridgehead atoms. The molecule has 0 spiro atoms. The Morgan fingerprint density at radius 1 is 0.636 bits per heavy atom. The van der Waals surface area contributed by atoms with Crippen molar-refractivity contribution in [2.75, 3.05) is 61.0 Å². The number of benzene rings is 4. The number of aromatic nitrogens is 4. The van der Waals surface area contributed by atoms with Gasteiger partial charge in [0.2, 0.25) is 11.9 Å². The Kier molecular flexibility index (Phi) is 17.3. The number of piperidine rings is 2. The van der Waals surface area contributed by atoms with Gasteiger partial charge in [0.05, 0.1) is 26.6 Å². The quantitative estimate of drug-likeness (QED) is 0.0512. The van der Waals surface area contributed by atoms with Gasteiger partial charge in [-0.25, -0.2) is 35.6 Å². The van der Waals surface area contributed by atoms with E-state index in [1.807, 2.05) is 44.2 Å². The maximum atomic E-state index is 15.5. The first-order valence-electron chi connectivity index (χ1n) is 26.1. The lowest BCUT2D eigenvalue weighted by atomic mass is 9.89. The molecule has 2 aliphatic heterocycles. The fourth-order valence-corrected chi connectivity index (χ4v) is 11.8. The molecule has 8 rings (SSSR count). The second-order valence-corrected chi connectivity index (χ2v) is 27.5. The Hall–Kier alpha value is -6.61. The number of rotatable bonds is 19. The predicted molar refractivity (Wildman–Crippen MR) is 302 cm³/mol. The zero-order valence-corrected chi connectivity index (χ0v) is 46.8. The lowest BCUT2D eigenvalue weighted by Crippen LogP contribution is -2.46. The lowest BCUT2D eigenvalue weighted by Gasteiger charge is -2.34. The predicted octanol–water partition coefficient (Wildman–Crippen LogP) is 10.6. The van der Waals surface area contributed by atoms with Crippen LogP contribution in [0.3, 0.4) is 0 Å². The Labute approximate surface area is 452 Å². The smallest absolute Gasteiger partial charge is 0.254 e. The molecule has 5 N–H and O–H groups in total. The first-order chi connectivity index (χ1) is 36.4. The van der Waals surface area contributed by atoms with Crippen molar-refractivity contribution in [1.82, 2.24) is 35.1 Å². The number of nitrogens with one attached hydrogen (secondary N) is 5. The lowest BCUT2D eigenvalue weighted by molar-refractivity contribution is 0.0906. The van der Waals surface area contributed by atoms with Gasteiger partial charge in [-0.15, -0.1) is 0 Å². The van der Waals surface area contributed by atoms with Crippen LogP contribution in [-0.2, 0) is 31.2 Å². The van der Waals surface area contributed by atoms with Crippen LogP contribution >= 0.6 is 0 Å². The Morgan fingerprint density at radius 3 is 1.66 bits per heavy atom. The van der Waals surface area contributed by atoms with E-state index in [9.17, 15) is 21.6 Å². The first kappa shape index (κ1) is 56.6. The van der Waals surface area contributed by atoms with Crippen molar-refractivity contribution in [3.63, 3.8) is 0 Å². The molecule has 2 aliphatic rings. The van der Waals surface area contributed by atoms with E-state index in [0.29, 0.717) is 90.4 Å². The van der Waals surface area contributed by atoms with E-state index in [1.54, 1.807) is 83.4 Å². The summed E-state index contributed by atoms with van der Waals surface area (Å²) in [6.07, 6.45) is 6.77. The van der Waals surface area contributed by atoms with E-state index in [2.05, 4.69) is 63.4 Å². The largest absolute Gasteiger partial charge is 0.349 e. The third kappa shape index (κ3) is 14.5. The molecule has 0 atom stereocenters. The summed E-state index contributed by atoms with van der Waals surface area (Å²) in [5, 5.41) is 15.7. The highest BCUT2D eigenvalue weighted by molar-refractivity contribution is 7.92. The minimum Gasteiger partial charge on any atom is -0.349 e. The summed E-state index contributed by atoms with van der Waals surface area (Å²) < 4.78 is 82.5. The van der Waals surface area contributed by atoms with Crippen LogP contribution in [0.15, 0.2) is 97.3 Å². The van der Waals surface area contributed by atoms with Gasteiger partial charge in [0, 0.05) is 65.4 Å². The number of halogens is 2. The molecule has 4 aromatic carbocycles. The van der Waals surface area contributed by atoms with Crippen LogP contribution in [0, 0.1) is 25.5 Å². The maximum Gasteiger partial charge on any atom is 0.254 e. The van der Waals surface area contributed by atoms with Gasteiger partial charge in [-0.2, -0.15) is 9.97 Å². The number of carbonyl (C=O) groups excluding carboxylic acids is 1. The van der Waals surface area contributed by atoms with Gasteiger partial charge < -0.3 is 36.4 Å². The van der Waals surface area contributed by atoms with Gasteiger partial charge >= 0.3 is 0 Å². The van der Waals surface area contributed by atoms with Crippen LogP contribution in [-0.4, -0.2) is 108 Å². The van der Waals surface area contributed by atoms with Gasteiger partial charge in [0.25, 0.3) is 5.91 Å². The Balaban J connectivity index is 0.791. The normalized spacial score (nSPS) is 15.5. The minimum absolute atomic E-state index is 0.101. The standard InChI is InChI=1S/C57H71F2N11O5S2/c1-37-34-61-55(68-51(37)62-43-13-9-11-39(29-43)35-76(72,73)56(3,4)5)66-46-16-18-48(50(59)32-46)53(71)64-42-21-26-70(27-22-42)28-23-57(6,7)77(74,75)36-40-12-10-14-44(30-40)63-52-38(2)33-60-54(67-52)65-45-15-17-47(49(58)31-45)41-19-24-69(8)25-20-41/h9-18,29-34,41-42H,19-28,35-36H2,1-8H3,(H,64,71)(H2,60,63,65,67)(H2,61,62,66,68). The molecule has 0 unspecified atom stereocenters. The number of carbonyl (C=O) groups is 1. The third-order valence-corrected chi connectivity index (χ3v) is 19.8. The van der Waals surface area contributed by atoms with E-state index in [-0.39, 0.29) is 40.8 Å². The number of likely N-dealkylation sites (tertiary alicyclic amines) is 2. The third-order valence-electron chi connectivity index (χ3n) is 14.6. The van der Waals surface area contributed by atoms with Crippen molar-refractivity contribution in [3.8, 4) is 0 Å². The molecule has 0 radical (unpaired) electrons. The molecule has 1 amide bonds. The number of hydrogen-bond donors (Lipinski definition) is 5. The number of anilines is 8. The fourth-order valence-electron chi connectivity index (χ4n) is 9.30. The van der Waals surface area contributed by atoms with E-state index >= 15 is 8.78 Å². The number of hydrogen-bond acceptors (Lipinski definition) is 15. The number of amides is 1. The molecule has 4 heterocycles. The summed E-state index contributed by atoms with van der Waals surface area (Å²) >= 11 is 0. The second kappa shape index (κ2) is 23.6. The van der Waals surface area contributed by atoms with Crippen LogP contribution < -0.4 is 26.6 Å². The Morgan fingerprint density at radius 2 is 1.14 bits per heavy atom. The van der Waals surface area contributed by atoms with Crippen LogP contribution in [0.25, 0.3) is 0 Å². The number of nitrogens with zero attached hydrogens (tertiary/aromatic N) is 6. The highest BCUT2D eigenvalue weighted by Crippen LogP contribution is 2.33. The van der Waals surface area contributed by atoms with E-state index in [4.69, 9.17) is 0 Å². The van der Waals surface area contributed by atoms with Crippen molar-refractivity contribution in [3.05, 3.63) is 142 Å². The van der Waals surface area contributed by atoms with Crippen LogP contribution in [0.5, 0.6) is 0 Å². The monoisotopic (exact) mass is 1090 g/mol. The molecule has 6 aromatic rings. The van der Waals surface area contributed by atoms with Gasteiger partial charge in [0.15, 0.2) is 19.7 Å². The van der Waals surface area contributed by atoms with Gasteiger partial charge in [0.1, 0.15) is 23.3 Å². The summed E-state index contributed by atoms with van der Waals surface area (Å²) in [5.41, 5.74) is 5.59. The van der Waals surface area contributed by atoms with Crippen molar-refractivity contribution >= 4 is 71.9 Å². The second-order valence-electron chi connectivity index (χ2n) is 22.1. The summed E-state index contributed by atoms with van der Waals surface area (Å²) in [6.45, 7) is 16.0. The first-order valence-corrected chi connectivity index (χ1v) is 29.4. The molecular formula is C57H71F2N11O5S2. The van der Waals surface area contributed by atoms with Crippen molar-refractivity contribution < 1.29 is 30.4 Å². The van der Waals surface area contributed by atoms with Crippen molar-refractivity contribution in [2.45, 2.75) is 114 Å². The minimum atomic E-state index is -3.62. The average molecular weight is 1090 g/mol.